The minimum Gasteiger partial charge on any atom is -2.00 e. The third kappa shape index (κ3) is 10.8. The Bertz CT molecular complexity index is 6.00. The zero-order valence-electron chi connectivity index (χ0n) is 1.53. The maximum absolute atomic E-state index is 0. The molecule has 4 heteroatoms. The van der Waals surface area contributed by atoms with Crippen molar-refractivity contribution in [3.8, 4) is 0 Å². The number of hydrogen-bond donors (Lipinski definition) is 0. The van der Waals surface area contributed by atoms with Crippen LogP contribution in [0, 0.1) is 0 Å². The van der Waals surface area contributed by atoms with E-state index >= 15 is 0 Å². The summed E-state index contributed by atoms with van der Waals surface area (Å²) in [6.45, 7) is 0. The maximum atomic E-state index is 0. The normalized spacial score (nSPS) is 0. The fourth-order valence-corrected chi connectivity index (χ4v) is 0. The largest absolute Gasteiger partial charge is 3.00 e. The molecule has 4 heavy (non-hydrogen) atoms. The Morgan fingerprint density at radius 3 is 0.750 bits per heavy atom. The summed E-state index contributed by atoms with van der Waals surface area (Å²) in [6.07, 6.45) is 0. The summed E-state index contributed by atoms with van der Waals surface area (Å²) in [6, 6.07) is 0. The smallest absolute Gasteiger partial charge is 2.00 e. The first-order chi connectivity index (χ1) is 0. The molecule has 0 saturated heterocycles. The molecule has 0 aromatic carbocycles. The zero-order valence-corrected chi connectivity index (χ0v) is 4.28. The summed E-state index contributed by atoms with van der Waals surface area (Å²) >= 11 is 0. The second-order valence-corrected chi connectivity index (χ2v) is 0. The molecule has 0 unspecified atom stereocenters. The second-order valence-electron chi connectivity index (χ2n) is 0. The Morgan fingerprint density at radius 2 is 0.750 bits per heavy atom. The van der Waals surface area contributed by atoms with Crippen molar-refractivity contribution >= 4 is 0 Å². The molecule has 0 saturated carbocycles. The molecular weight excluding hydrogens is 192 g/mol. The van der Waals surface area contributed by atoms with Gasteiger partial charge in [0.1, 0.15) is 0 Å². The molecule has 0 spiro atoms. The second kappa shape index (κ2) is 30.0. The summed E-state index contributed by atoms with van der Waals surface area (Å²) in [4.78, 5) is 0. The Labute approximate surface area is 50.8 Å². The van der Waals surface area contributed by atoms with E-state index in [1.54, 1.807) is 0 Å². The molecule has 1 radical (unpaired) electrons. The quantitative estimate of drug-likeness (QED) is 0.475. The predicted molar refractivity (Wildman–Crippen MR) is 1.37 cm³/mol. The molecule has 0 rings (SSSR count). The third-order valence-electron chi connectivity index (χ3n) is 0. The molecule has 0 bridgehead atoms. The molecule has 0 aromatic rings. The van der Waals surface area contributed by atoms with Crippen molar-refractivity contribution in [3.05, 3.63) is 0 Å². The summed E-state index contributed by atoms with van der Waals surface area (Å²) in [5, 5.41) is 0. The Hall–Kier alpha value is 1.19. The van der Waals surface area contributed by atoms with Crippen LogP contribution in [0.4, 0.5) is 0 Å². The molecule has 0 heterocycles. The van der Waals surface area contributed by atoms with E-state index in [0.717, 1.165) is 0 Å². The van der Waals surface area contributed by atoms with Gasteiger partial charge in [-0.1, -0.05) is 0 Å². The molecule has 0 amide bonds. The van der Waals surface area contributed by atoms with E-state index in [9.17, 15) is 0 Å². The first-order valence-corrected chi connectivity index (χ1v) is 0. The summed E-state index contributed by atoms with van der Waals surface area (Å²) in [5.74, 6) is 0. The van der Waals surface area contributed by atoms with Crippen LogP contribution in [0.1, 0.15) is 0 Å². The van der Waals surface area contributed by atoms with E-state index in [1.807, 2.05) is 0 Å². The van der Waals surface area contributed by atoms with Crippen molar-refractivity contribution in [1.82, 2.24) is 0 Å². The van der Waals surface area contributed by atoms with Crippen molar-refractivity contribution in [1.29, 1.82) is 0 Å². The fourth-order valence-electron chi connectivity index (χ4n) is 0. The molecule has 0 N–H and O–H groups in total. The van der Waals surface area contributed by atoms with Crippen LogP contribution in [0.25, 0.3) is 0 Å². The van der Waals surface area contributed by atoms with Gasteiger partial charge in [0.25, 0.3) is 0 Å². The van der Waals surface area contributed by atoms with Crippen LogP contribution in [0.15, 0.2) is 0 Å². The Balaban J connectivity index is 0. The molecule has 0 aliphatic heterocycles. The van der Waals surface area contributed by atoms with E-state index in [0.29, 0.717) is 0 Å². The average molecular weight is 192 g/mol. The van der Waals surface area contributed by atoms with Crippen LogP contribution in [0.5, 0.6) is 0 Å². The van der Waals surface area contributed by atoms with Gasteiger partial charge in [-0.2, -0.15) is 0 Å². The number of rotatable bonds is 0. The molecule has 29 valence electrons. The minimum atomic E-state index is 0. The van der Waals surface area contributed by atoms with Crippen LogP contribution in [0.2, 0.25) is 0 Å². The van der Waals surface area contributed by atoms with E-state index in [1.165, 1.54) is 0 Å². The van der Waals surface area contributed by atoms with Crippen molar-refractivity contribution in [2.24, 2.45) is 0 Å². The van der Waals surface area contributed by atoms with Gasteiger partial charge in [0, 0.05) is 0 Å². The standard InChI is InChI=1S/Ag.Cr.2O/q+1;+3;2*-2. The van der Waals surface area contributed by atoms with Crippen molar-refractivity contribution in [3.63, 3.8) is 0 Å². The predicted octanol–water partition coefficient (Wildman–Crippen LogP) is -0.243. The van der Waals surface area contributed by atoms with Crippen LogP contribution >= 0.6 is 0 Å². The minimum absolute atomic E-state index is 0. The third-order valence-corrected chi connectivity index (χ3v) is 0. The van der Waals surface area contributed by atoms with E-state index in [-0.39, 0.29) is 50.7 Å². The van der Waals surface area contributed by atoms with Gasteiger partial charge in [0.2, 0.25) is 0 Å². The van der Waals surface area contributed by atoms with Gasteiger partial charge in [0.05, 0.1) is 0 Å². The van der Waals surface area contributed by atoms with Crippen molar-refractivity contribution in [2.75, 3.05) is 0 Å². The average Bonchev–Trinajstić information content (AvgIpc) is 0. The molecule has 0 fully saturated rings. The molecule has 0 aliphatic carbocycles. The number of hydrogen-bond acceptors (Lipinski definition) is 0. The van der Waals surface area contributed by atoms with Gasteiger partial charge in [-0.15, -0.1) is 0 Å². The van der Waals surface area contributed by atoms with E-state index in [2.05, 4.69) is 0 Å². The fraction of sp³-hybridized carbons (Fsp3) is 0. The van der Waals surface area contributed by atoms with Crippen LogP contribution in [-0.2, 0) is 50.7 Å². The molecule has 2 nitrogen and oxygen atoms in total. The Kier molecular flexibility index (Phi) is 482. The first-order valence-electron chi connectivity index (χ1n) is 0. The van der Waals surface area contributed by atoms with E-state index in [4.69, 9.17) is 0 Å². The molecule has 0 aliphatic rings. The van der Waals surface area contributed by atoms with Crippen molar-refractivity contribution in [2.45, 2.75) is 0 Å². The van der Waals surface area contributed by atoms with Crippen molar-refractivity contribution < 1.29 is 50.7 Å². The molecule has 0 aromatic heterocycles. The molecular formula is AgCrO2. The van der Waals surface area contributed by atoms with Crippen LogP contribution in [0.3, 0.4) is 0 Å². The summed E-state index contributed by atoms with van der Waals surface area (Å²) in [5.41, 5.74) is 0. The van der Waals surface area contributed by atoms with Gasteiger partial charge < -0.3 is 11.0 Å². The van der Waals surface area contributed by atoms with E-state index < -0.39 is 0 Å². The van der Waals surface area contributed by atoms with Gasteiger partial charge >= 0.3 is 39.7 Å². The zero-order chi connectivity index (χ0) is 0. The topological polar surface area (TPSA) is 57.0 Å². The monoisotopic (exact) mass is 191 g/mol. The van der Waals surface area contributed by atoms with Gasteiger partial charge in [-0.25, -0.2) is 0 Å². The Morgan fingerprint density at radius 1 is 0.750 bits per heavy atom. The first kappa shape index (κ1) is 64.2. The van der Waals surface area contributed by atoms with Crippen LogP contribution in [-0.4, -0.2) is 0 Å². The van der Waals surface area contributed by atoms with Gasteiger partial charge in [0.15, 0.2) is 0 Å². The molecule has 0 atom stereocenters. The summed E-state index contributed by atoms with van der Waals surface area (Å²) < 4.78 is 0. The SMILES string of the molecule is [Ag+].[Cr+3].[O-2].[O-2]. The van der Waals surface area contributed by atoms with Crippen LogP contribution < -0.4 is 0 Å². The maximum Gasteiger partial charge on any atom is 3.00 e. The summed E-state index contributed by atoms with van der Waals surface area (Å²) in [7, 11) is 0. The van der Waals surface area contributed by atoms with Gasteiger partial charge in [-0.05, 0) is 0 Å². The van der Waals surface area contributed by atoms with Gasteiger partial charge in [-0.3, -0.25) is 0 Å².